The van der Waals surface area contributed by atoms with Crippen molar-refractivity contribution in [1.29, 1.82) is 0 Å². The highest BCUT2D eigenvalue weighted by Gasteiger charge is 2.47. The Morgan fingerprint density at radius 2 is 1.61 bits per heavy atom. The number of phenolic OH excluding ortho intramolecular Hbond substituents is 1. The Balaban J connectivity index is 1.85. The van der Waals surface area contributed by atoms with Gasteiger partial charge in [0, 0.05) is 11.3 Å². The van der Waals surface area contributed by atoms with E-state index in [9.17, 15) is 24.6 Å². The zero-order valence-electron chi connectivity index (χ0n) is 19.8. The van der Waals surface area contributed by atoms with Crippen molar-refractivity contribution in [3.63, 3.8) is 0 Å². The maximum absolute atomic E-state index is 13.3. The van der Waals surface area contributed by atoms with Crippen molar-refractivity contribution in [3.05, 3.63) is 95.1 Å². The molecule has 8 nitrogen and oxygen atoms in total. The molecule has 36 heavy (non-hydrogen) atoms. The molecule has 1 heterocycles. The third kappa shape index (κ3) is 4.65. The van der Waals surface area contributed by atoms with Crippen LogP contribution in [0.3, 0.4) is 0 Å². The topological polar surface area (TPSA) is 113 Å². The number of carbonyl (C=O) groups excluding carboxylic acids is 3. The first-order valence-electron chi connectivity index (χ1n) is 11.5. The predicted octanol–water partition coefficient (Wildman–Crippen LogP) is 4.59. The molecule has 2 N–H and O–H groups in total. The molecule has 1 saturated heterocycles. The molecule has 3 aromatic rings. The molecule has 1 aliphatic rings. The molecule has 4 rings (SSSR count). The first kappa shape index (κ1) is 24.5. The quantitative estimate of drug-likeness (QED) is 0.217. The van der Waals surface area contributed by atoms with Gasteiger partial charge in [0.1, 0.15) is 17.3 Å². The van der Waals surface area contributed by atoms with E-state index in [4.69, 9.17) is 9.47 Å². The summed E-state index contributed by atoms with van der Waals surface area (Å²) in [5.74, 6) is -2.03. The number of amides is 1. The van der Waals surface area contributed by atoms with Crippen LogP contribution in [0.2, 0.25) is 0 Å². The van der Waals surface area contributed by atoms with E-state index < -0.39 is 23.7 Å². The predicted molar refractivity (Wildman–Crippen MR) is 133 cm³/mol. The first-order chi connectivity index (χ1) is 17.3. The van der Waals surface area contributed by atoms with Crippen LogP contribution < -0.4 is 9.64 Å². The van der Waals surface area contributed by atoms with Crippen molar-refractivity contribution in [1.82, 2.24) is 0 Å². The Morgan fingerprint density at radius 3 is 2.25 bits per heavy atom. The lowest BCUT2D eigenvalue weighted by molar-refractivity contribution is -0.132. The summed E-state index contributed by atoms with van der Waals surface area (Å²) < 4.78 is 10.5. The molecule has 1 fully saturated rings. The number of ether oxygens (including phenoxy) is 2. The number of anilines is 1. The maximum atomic E-state index is 13.3. The fourth-order valence-electron chi connectivity index (χ4n) is 4.10. The monoisotopic (exact) mass is 487 g/mol. The zero-order chi connectivity index (χ0) is 25.8. The molecule has 1 atom stereocenters. The Hall–Kier alpha value is -4.59. The largest absolute Gasteiger partial charge is 0.508 e. The summed E-state index contributed by atoms with van der Waals surface area (Å²) in [4.78, 5) is 39.8. The highest BCUT2D eigenvalue weighted by atomic mass is 16.5. The van der Waals surface area contributed by atoms with Crippen LogP contribution in [0.15, 0.2) is 78.4 Å². The van der Waals surface area contributed by atoms with Crippen molar-refractivity contribution < 1.29 is 34.1 Å². The smallest absolute Gasteiger partial charge is 0.338 e. The molecule has 3 aromatic carbocycles. The molecule has 0 radical (unpaired) electrons. The van der Waals surface area contributed by atoms with E-state index in [-0.39, 0.29) is 23.7 Å². The lowest BCUT2D eigenvalue weighted by Crippen LogP contribution is -2.29. The second kappa shape index (κ2) is 10.4. The van der Waals surface area contributed by atoms with Crippen LogP contribution in [0.1, 0.15) is 41.4 Å². The molecule has 0 spiro atoms. The van der Waals surface area contributed by atoms with Crippen LogP contribution in [0, 0.1) is 0 Å². The number of hydrogen-bond donors (Lipinski definition) is 2. The average molecular weight is 488 g/mol. The van der Waals surface area contributed by atoms with Gasteiger partial charge in [0.25, 0.3) is 11.7 Å². The molecule has 0 saturated carbocycles. The van der Waals surface area contributed by atoms with Crippen LogP contribution in [0.25, 0.3) is 5.76 Å². The van der Waals surface area contributed by atoms with Crippen molar-refractivity contribution in [2.45, 2.75) is 19.9 Å². The number of Topliss-reactive ketones (excluding diaryl/α,β-unsaturated/α-hetero) is 1. The summed E-state index contributed by atoms with van der Waals surface area (Å²) in [7, 11) is 0. The van der Waals surface area contributed by atoms with Gasteiger partial charge in [0.2, 0.25) is 0 Å². The lowest BCUT2D eigenvalue weighted by Gasteiger charge is -2.25. The lowest BCUT2D eigenvalue weighted by atomic mass is 9.95. The highest BCUT2D eigenvalue weighted by Crippen LogP contribution is 2.42. The molecule has 0 aliphatic carbocycles. The summed E-state index contributed by atoms with van der Waals surface area (Å²) in [5, 5.41) is 21.0. The third-order valence-electron chi connectivity index (χ3n) is 5.73. The minimum absolute atomic E-state index is 0.0129. The van der Waals surface area contributed by atoms with Gasteiger partial charge in [0.15, 0.2) is 0 Å². The standard InChI is InChI=1S/C28H25NO7/c1-3-35-22-7-5-6-19(16-22)25(31)23-24(17-10-14-21(30)15-11-17)29(27(33)26(23)32)20-12-8-18(9-13-20)28(34)36-4-2/h5-16,24,30-31H,3-4H2,1-2H3/b25-23+. The Bertz CT molecular complexity index is 1330. The fraction of sp³-hybridized carbons (Fsp3) is 0.179. The number of aliphatic hydroxyl groups excluding tert-OH is 1. The van der Waals surface area contributed by atoms with Gasteiger partial charge in [-0.3, -0.25) is 14.5 Å². The van der Waals surface area contributed by atoms with Crippen molar-refractivity contribution in [2.24, 2.45) is 0 Å². The number of ketones is 1. The molecular formula is C28H25NO7. The molecule has 0 bridgehead atoms. The number of carbonyl (C=O) groups is 3. The minimum Gasteiger partial charge on any atom is -0.508 e. The summed E-state index contributed by atoms with van der Waals surface area (Å²) in [6.45, 7) is 4.17. The molecule has 8 heteroatoms. The van der Waals surface area contributed by atoms with E-state index in [1.165, 1.54) is 29.2 Å². The molecule has 184 valence electrons. The maximum Gasteiger partial charge on any atom is 0.338 e. The van der Waals surface area contributed by atoms with Gasteiger partial charge < -0.3 is 19.7 Å². The van der Waals surface area contributed by atoms with Gasteiger partial charge >= 0.3 is 5.97 Å². The number of nitrogens with zero attached hydrogens (tertiary/aromatic N) is 1. The molecule has 1 amide bonds. The second-order valence-corrected chi connectivity index (χ2v) is 7.99. The number of rotatable bonds is 7. The van der Waals surface area contributed by atoms with Crippen LogP contribution in [0.5, 0.6) is 11.5 Å². The summed E-state index contributed by atoms with van der Waals surface area (Å²) >= 11 is 0. The fourth-order valence-corrected chi connectivity index (χ4v) is 4.10. The number of hydrogen-bond acceptors (Lipinski definition) is 7. The van der Waals surface area contributed by atoms with Crippen LogP contribution in [-0.2, 0) is 14.3 Å². The second-order valence-electron chi connectivity index (χ2n) is 7.99. The molecule has 1 aliphatic heterocycles. The van der Waals surface area contributed by atoms with E-state index in [0.717, 1.165) is 0 Å². The number of phenols is 1. The van der Waals surface area contributed by atoms with E-state index in [0.29, 0.717) is 34.7 Å². The summed E-state index contributed by atoms with van der Waals surface area (Å²) in [6.07, 6.45) is 0. The normalized spacial score (nSPS) is 16.7. The number of benzene rings is 3. The van der Waals surface area contributed by atoms with Crippen LogP contribution in [-0.4, -0.2) is 41.1 Å². The Kier molecular flexibility index (Phi) is 7.05. The first-order valence-corrected chi connectivity index (χ1v) is 11.5. The van der Waals surface area contributed by atoms with Gasteiger partial charge in [-0.05, 0) is 67.9 Å². The molecule has 0 aromatic heterocycles. The van der Waals surface area contributed by atoms with E-state index in [1.54, 1.807) is 55.5 Å². The van der Waals surface area contributed by atoms with Crippen LogP contribution in [0.4, 0.5) is 5.69 Å². The third-order valence-corrected chi connectivity index (χ3v) is 5.73. The minimum atomic E-state index is -0.977. The Labute approximate surface area is 208 Å². The van der Waals surface area contributed by atoms with E-state index in [2.05, 4.69) is 0 Å². The average Bonchev–Trinajstić information content (AvgIpc) is 3.15. The number of aromatic hydroxyl groups is 1. The van der Waals surface area contributed by atoms with E-state index in [1.807, 2.05) is 6.92 Å². The summed E-state index contributed by atoms with van der Waals surface area (Å²) in [6, 6.07) is 17.8. The Morgan fingerprint density at radius 1 is 0.917 bits per heavy atom. The molecular weight excluding hydrogens is 462 g/mol. The SMILES string of the molecule is CCOC(=O)c1ccc(N2C(=O)C(=O)/C(=C(/O)c3cccc(OCC)c3)C2c2ccc(O)cc2)cc1. The number of aliphatic hydroxyl groups is 1. The van der Waals surface area contributed by atoms with Gasteiger partial charge in [-0.1, -0.05) is 24.3 Å². The zero-order valence-corrected chi connectivity index (χ0v) is 19.8. The van der Waals surface area contributed by atoms with Gasteiger partial charge in [-0.2, -0.15) is 0 Å². The van der Waals surface area contributed by atoms with Crippen LogP contribution >= 0.6 is 0 Å². The van der Waals surface area contributed by atoms with Crippen molar-refractivity contribution in [3.8, 4) is 11.5 Å². The van der Waals surface area contributed by atoms with Gasteiger partial charge in [0.05, 0.1) is 30.4 Å². The van der Waals surface area contributed by atoms with Crippen molar-refractivity contribution >= 4 is 29.1 Å². The van der Waals surface area contributed by atoms with Gasteiger partial charge in [-0.15, -0.1) is 0 Å². The number of esters is 1. The molecule has 1 unspecified atom stereocenters. The van der Waals surface area contributed by atoms with E-state index >= 15 is 0 Å². The highest BCUT2D eigenvalue weighted by molar-refractivity contribution is 6.51. The van der Waals surface area contributed by atoms with Crippen molar-refractivity contribution in [2.75, 3.05) is 18.1 Å². The summed E-state index contributed by atoms with van der Waals surface area (Å²) in [5.41, 5.74) is 1.37. The van der Waals surface area contributed by atoms with Gasteiger partial charge in [-0.25, -0.2) is 4.79 Å².